The van der Waals surface area contributed by atoms with Gasteiger partial charge in [-0.1, -0.05) is 0 Å². The number of carbonyl (C=O) groups excluding carboxylic acids is 1. The lowest BCUT2D eigenvalue weighted by atomic mass is 10.1. The zero-order valence-corrected chi connectivity index (χ0v) is 13.5. The quantitative estimate of drug-likeness (QED) is 0.902. The number of aryl methyl sites for hydroxylation is 1. The lowest BCUT2D eigenvalue weighted by Gasteiger charge is -2.33. The van der Waals surface area contributed by atoms with Gasteiger partial charge in [0.05, 0.1) is 0 Å². The summed E-state index contributed by atoms with van der Waals surface area (Å²) in [6, 6.07) is 2.08. The Morgan fingerprint density at radius 2 is 2.14 bits per heavy atom. The van der Waals surface area contributed by atoms with E-state index in [2.05, 4.69) is 18.4 Å². The van der Waals surface area contributed by atoms with Gasteiger partial charge in [-0.3, -0.25) is 9.59 Å². The summed E-state index contributed by atoms with van der Waals surface area (Å²) in [7, 11) is 0. The summed E-state index contributed by atoms with van der Waals surface area (Å²) >= 11 is 1.70. The van der Waals surface area contributed by atoms with Crippen molar-refractivity contribution in [1.29, 1.82) is 0 Å². The van der Waals surface area contributed by atoms with Gasteiger partial charge < -0.3 is 14.7 Å². The van der Waals surface area contributed by atoms with Crippen LogP contribution in [0.4, 0.5) is 0 Å². The second kappa shape index (κ2) is 6.38. The number of carboxylic acid groups (broad SMARTS) is 1. The number of rotatable bonds is 5. The third kappa shape index (κ3) is 3.17. The minimum Gasteiger partial charge on any atom is -0.480 e. The Morgan fingerprint density at radius 1 is 1.41 bits per heavy atom. The van der Waals surface area contributed by atoms with E-state index in [1.54, 1.807) is 16.2 Å². The maximum atomic E-state index is 12.8. The first-order chi connectivity index (χ1) is 10.6. The number of aliphatic carboxylic acids is 1. The summed E-state index contributed by atoms with van der Waals surface area (Å²) in [5.74, 6) is -0.695. The van der Waals surface area contributed by atoms with Crippen LogP contribution in [-0.2, 0) is 14.3 Å². The summed E-state index contributed by atoms with van der Waals surface area (Å²) < 4.78 is 5.32. The highest BCUT2D eigenvalue weighted by atomic mass is 32.1. The molecule has 1 N–H and O–H groups in total. The number of hydrogen-bond donors (Lipinski definition) is 1. The molecule has 6 heteroatoms. The molecule has 1 aliphatic carbocycles. The largest absolute Gasteiger partial charge is 0.480 e. The Kier molecular flexibility index (Phi) is 4.49. The molecule has 2 atom stereocenters. The summed E-state index contributed by atoms with van der Waals surface area (Å²) in [6.45, 7) is 3.08. The first-order valence-electron chi connectivity index (χ1n) is 7.72. The lowest BCUT2D eigenvalue weighted by molar-refractivity contribution is -0.148. The Morgan fingerprint density at radius 3 is 2.73 bits per heavy atom. The van der Waals surface area contributed by atoms with E-state index >= 15 is 0 Å². The predicted octanol–water partition coefficient (Wildman–Crippen LogP) is 2.25. The average Bonchev–Trinajstić information content (AvgIpc) is 3.19. The molecule has 2 heterocycles. The molecule has 2 fully saturated rings. The molecular formula is C16H21NO4S. The maximum Gasteiger partial charge on any atom is 0.323 e. The number of carbonyl (C=O) groups is 2. The van der Waals surface area contributed by atoms with Crippen molar-refractivity contribution in [3.8, 4) is 0 Å². The van der Waals surface area contributed by atoms with Crippen LogP contribution in [0.3, 0.4) is 0 Å². The van der Waals surface area contributed by atoms with Gasteiger partial charge in [-0.2, -0.15) is 0 Å². The molecule has 3 rings (SSSR count). The van der Waals surface area contributed by atoms with Crippen molar-refractivity contribution >= 4 is 23.2 Å². The molecule has 22 heavy (non-hydrogen) atoms. The van der Waals surface area contributed by atoms with Crippen LogP contribution in [0.1, 0.15) is 35.6 Å². The fraction of sp³-hybridized carbons (Fsp3) is 0.625. The summed E-state index contributed by atoms with van der Waals surface area (Å²) in [5.41, 5.74) is 1.24. The van der Waals surface area contributed by atoms with Crippen molar-refractivity contribution in [1.82, 2.24) is 4.90 Å². The highest BCUT2D eigenvalue weighted by Gasteiger charge is 2.48. The number of hydrogen-bond acceptors (Lipinski definition) is 4. The third-order valence-corrected chi connectivity index (χ3v) is 5.72. The van der Waals surface area contributed by atoms with E-state index in [4.69, 9.17) is 9.84 Å². The molecule has 0 bridgehead atoms. The molecule has 1 aliphatic heterocycles. The van der Waals surface area contributed by atoms with Crippen LogP contribution >= 0.6 is 11.3 Å². The molecule has 0 spiro atoms. The van der Waals surface area contributed by atoms with Gasteiger partial charge in [0.1, 0.15) is 6.54 Å². The SMILES string of the molecule is Cc1ccsc1[C@H]1C[C@@H]1C(=O)N(CC(=O)O)C1CCOCC1. The van der Waals surface area contributed by atoms with Crippen LogP contribution in [0, 0.1) is 12.8 Å². The summed E-state index contributed by atoms with van der Waals surface area (Å²) in [6.07, 6.45) is 2.31. The highest BCUT2D eigenvalue weighted by Crippen LogP contribution is 2.51. The monoisotopic (exact) mass is 323 g/mol. The van der Waals surface area contributed by atoms with Crippen LogP contribution in [0.5, 0.6) is 0 Å². The molecule has 0 unspecified atom stereocenters. The lowest BCUT2D eigenvalue weighted by Crippen LogP contribution is -2.46. The fourth-order valence-corrected chi connectivity index (χ4v) is 4.37. The van der Waals surface area contributed by atoms with Gasteiger partial charge in [0.2, 0.25) is 5.91 Å². The molecule has 1 saturated carbocycles. The first-order valence-corrected chi connectivity index (χ1v) is 8.60. The number of thiophene rings is 1. The number of carboxylic acids is 1. The van der Waals surface area contributed by atoms with E-state index in [9.17, 15) is 9.59 Å². The molecule has 1 aromatic heterocycles. The van der Waals surface area contributed by atoms with E-state index in [0.717, 1.165) is 19.3 Å². The molecule has 1 aromatic rings. The first kappa shape index (κ1) is 15.5. The Hall–Kier alpha value is -1.40. The third-order valence-electron chi connectivity index (χ3n) is 4.57. The average molecular weight is 323 g/mol. The standard InChI is InChI=1S/C16H21NO4S/c1-10-4-7-22-15(10)12-8-13(12)16(20)17(9-14(18)19)11-2-5-21-6-3-11/h4,7,11-13H,2-3,5-6,8-9H2,1H3,(H,18,19)/t12-,13-/m0/s1. The minimum atomic E-state index is -0.940. The molecule has 120 valence electrons. The van der Waals surface area contributed by atoms with E-state index < -0.39 is 5.97 Å². The Balaban J connectivity index is 1.70. The zero-order chi connectivity index (χ0) is 15.7. The minimum absolute atomic E-state index is 0.00281. The van der Waals surface area contributed by atoms with Gasteiger partial charge >= 0.3 is 5.97 Å². The predicted molar refractivity (Wildman–Crippen MR) is 83.1 cm³/mol. The van der Waals surface area contributed by atoms with Gasteiger partial charge in [-0.05, 0) is 43.2 Å². The van der Waals surface area contributed by atoms with E-state index in [1.165, 1.54) is 10.4 Å². The molecule has 0 aromatic carbocycles. The van der Waals surface area contributed by atoms with Crippen molar-refractivity contribution < 1.29 is 19.4 Å². The van der Waals surface area contributed by atoms with Crippen LogP contribution in [-0.4, -0.2) is 47.7 Å². The van der Waals surface area contributed by atoms with Crippen molar-refractivity contribution in [2.24, 2.45) is 5.92 Å². The van der Waals surface area contributed by atoms with Gasteiger partial charge in [0.25, 0.3) is 0 Å². The van der Waals surface area contributed by atoms with E-state index in [0.29, 0.717) is 13.2 Å². The Labute approximate surface area is 133 Å². The van der Waals surface area contributed by atoms with Crippen molar-refractivity contribution in [3.63, 3.8) is 0 Å². The highest BCUT2D eigenvalue weighted by molar-refractivity contribution is 7.10. The molecule has 1 saturated heterocycles. The molecule has 2 aliphatic rings. The second-order valence-corrected chi connectivity index (χ2v) is 7.07. The van der Waals surface area contributed by atoms with Gasteiger partial charge in [0.15, 0.2) is 0 Å². The number of amides is 1. The summed E-state index contributed by atoms with van der Waals surface area (Å²) in [4.78, 5) is 26.8. The van der Waals surface area contributed by atoms with Crippen LogP contribution < -0.4 is 0 Å². The van der Waals surface area contributed by atoms with Crippen LogP contribution in [0.2, 0.25) is 0 Å². The topological polar surface area (TPSA) is 66.8 Å². The van der Waals surface area contributed by atoms with Gasteiger partial charge in [-0.15, -0.1) is 11.3 Å². The normalized spacial score (nSPS) is 25.0. The smallest absolute Gasteiger partial charge is 0.323 e. The number of nitrogens with zero attached hydrogens (tertiary/aromatic N) is 1. The molecule has 0 radical (unpaired) electrons. The van der Waals surface area contributed by atoms with E-state index in [-0.39, 0.29) is 30.3 Å². The molecule has 1 amide bonds. The van der Waals surface area contributed by atoms with Crippen LogP contribution in [0.15, 0.2) is 11.4 Å². The molecular weight excluding hydrogens is 302 g/mol. The maximum absolute atomic E-state index is 12.8. The van der Waals surface area contributed by atoms with Crippen molar-refractivity contribution in [2.45, 2.75) is 38.1 Å². The second-order valence-electron chi connectivity index (χ2n) is 6.12. The van der Waals surface area contributed by atoms with Crippen LogP contribution in [0.25, 0.3) is 0 Å². The van der Waals surface area contributed by atoms with Crippen molar-refractivity contribution in [2.75, 3.05) is 19.8 Å². The fourth-order valence-electron chi connectivity index (χ4n) is 3.26. The zero-order valence-electron chi connectivity index (χ0n) is 12.7. The summed E-state index contributed by atoms with van der Waals surface area (Å²) in [5, 5.41) is 11.2. The van der Waals surface area contributed by atoms with Crippen molar-refractivity contribution in [3.05, 3.63) is 21.9 Å². The number of ether oxygens (including phenoxy) is 1. The van der Waals surface area contributed by atoms with Gasteiger partial charge in [-0.25, -0.2) is 0 Å². The Bertz CT molecular complexity index is 564. The van der Waals surface area contributed by atoms with Gasteiger partial charge in [0, 0.05) is 36.0 Å². The van der Waals surface area contributed by atoms with E-state index in [1.807, 2.05) is 0 Å². The molecule has 5 nitrogen and oxygen atoms in total.